The molecule has 1 saturated heterocycles. The van der Waals surface area contributed by atoms with E-state index in [1.165, 1.54) is 6.07 Å². The molecule has 2 atom stereocenters. The Labute approximate surface area is 207 Å². The maximum atomic E-state index is 13.1. The van der Waals surface area contributed by atoms with Crippen LogP contribution >= 0.6 is 0 Å². The summed E-state index contributed by atoms with van der Waals surface area (Å²) in [6.07, 6.45) is 0.847. The van der Waals surface area contributed by atoms with Gasteiger partial charge in [-0.1, -0.05) is 18.2 Å². The number of nitrogens with one attached hydrogen (secondary N) is 1. The maximum Gasteiger partial charge on any atom is 0.260 e. The average Bonchev–Trinajstić information content (AvgIpc) is 3.37. The van der Waals surface area contributed by atoms with E-state index >= 15 is 0 Å². The number of likely N-dealkylation sites (tertiary alicyclic amines) is 1. The van der Waals surface area contributed by atoms with Gasteiger partial charge in [-0.3, -0.25) is 14.4 Å². The van der Waals surface area contributed by atoms with E-state index in [2.05, 4.69) is 5.32 Å². The number of carbonyl (C=O) groups is 2. The second kappa shape index (κ2) is 9.07. The molecule has 2 amide bonds. The third-order valence-corrected chi connectivity index (χ3v) is 6.93. The lowest BCUT2D eigenvalue weighted by Gasteiger charge is -2.43. The van der Waals surface area contributed by atoms with E-state index in [0.29, 0.717) is 48.1 Å². The molecule has 1 aromatic heterocycles. The number of rotatable bonds is 5. The zero-order chi connectivity index (χ0) is 24.6. The molecule has 36 heavy (non-hydrogen) atoms. The minimum absolute atomic E-state index is 0.0429. The number of para-hydroxylation sites is 1. The van der Waals surface area contributed by atoms with Gasteiger partial charge in [0, 0.05) is 42.9 Å². The molecule has 4 heterocycles. The molecule has 0 unspecified atom stereocenters. The molecule has 2 bridgehead atoms. The van der Waals surface area contributed by atoms with Crippen molar-refractivity contribution in [1.82, 2.24) is 9.47 Å². The number of ether oxygens (including phenoxy) is 3. The molecule has 2 aromatic carbocycles. The Bertz CT molecular complexity index is 1390. The number of pyridine rings is 1. The van der Waals surface area contributed by atoms with Crippen molar-refractivity contribution in [2.24, 2.45) is 5.92 Å². The first-order chi connectivity index (χ1) is 17.5. The van der Waals surface area contributed by atoms with Crippen LogP contribution in [-0.4, -0.2) is 47.8 Å². The Hall–Kier alpha value is -4.27. The van der Waals surface area contributed by atoms with Gasteiger partial charge in [0.25, 0.3) is 17.4 Å². The summed E-state index contributed by atoms with van der Waals surface area (Å²) in [7, 11) is 0. The van der Waals surface area contributed by atoms with Crippen LogP contribution in [0.25, 0.3) is 0 Å². The molecule has 3 aliphatic rings. The number of hydrogen-bond acceptors (Lipinski definition) is 6. The predicted molar refractivity (Wildman–Crippen MR) is 131 cm³/mol. The van der Waals surface area contributed by atoms with Crippen LogP contribution in [0.2, 0.25) is 0 Å². The summed E-state index contributed by atoms with van der Waals surface area (Å²) < 4.78 is 18.1. The van der Waals surface area contributed by atoms with Crippen LogP contribution in [0.5, 0.6) is 17.2 Å². The Balaban J connectivity index is 1.22. The van der Waals surface area contributed by atoms with Crippen LogP contribution < -0.4 is 25.1 Å². The highest BCUT2D eigenvalue weighted by molar-refractivity contribution is 6.05. The second-order valence-electron chi connectivity index (χ2n) is 9.30. The molecule has 1 fully saturated rings. The highest BCUT2D eigenvalue weighted by Gasteiger charge is 2.38. The van der Waals surface area contributed by atoms with E-state index in [9.17, 15) is 14.4 Å². The number of anilines is 1. The van der Waals surface area contributed by atoms with Crippen molar-refractivity contribution in [1.29, 1.82) is 0 Å². The van der Waals surface area contributed by atoms with Crippen molar-refractivity contribution in [2.75, 3.05) is 31.8 Å². The maximum absolute atomic E-state index is 13.1. The van der Waals surface area contributed by atoms with Gasteiger partial charge >= 0.3 is 0 Å². The van der Waals surface area contributed by atoms with Crippen LogP contribution in [0, 0.1) is 5.92 Å². The fourth-order valence-corrected chi connectivity index (χ4v) is 5.31. The van der Waals surface area contributed by atoms with Crippen molar-refractivity contribution in [2.45, 2.75) is 18.9 Å². The molecule has 0 saturated carbocycles. The van der Waals surface area contributed by atoms with Gasteiger partial charge in [0.2, 0.25) is 6.79 Å². The lowest BCUT2D eigenvalue weighted by molar-refractivity contribution is -0.136. The number of benzene rings is 2. The zero-order valence-electron chi connectivity index (χ0n) is 19.5. The van der Waals surface area contributed by atoms with E-state index < -0.39 is 0 Å². The molecule has 3 aliphatic heterocycles. The summed E-state index contributed by atoms with van der Waals surface area (Å²) in [6, 6.07) is 17.4. The van der Waals surface area contributed by atoms with Gasteiger partial charge in [-0.25, -0.2) is 0 Å². The molecule has 0 aliphatic carbocycles. The van der Waals surface area contributed by atoms with E-state index in [4.69, 9.17) is 14.2 Å². The van der Waals surface area contributed by atoms with Gasteiger partial charge in [-0.2, -0.15) is 0 Å². The summed E-state index contributed by atoms with van der Waals surface area (Å²) in [4.78, 5) is 40.6. The third-order valence-electron chi connectivity index (χ3n) is 6.93. The fraction of sp³-hybridized carbons (Fsp3) is 0.296. The Morgan fingerprint density at radius 1 is 0.972 bits per heavy atom. The lowest BCUT2D eigenvalue weighted by Crippen LogP contribution is -2.50. The molecule has 0 radical (unpaired) electrons. The summed E-state index contributed by atoms with van der Waals surface area (Å²) >= 11 is 0. The largest absolute Gasteiger partial charge is 0.484 e. The zero-order valence-corrected chi connectivity index (χ0v) is 19.5. The first kappa shape index (κ1) is 22.2. The minimum Gasteiger partial charge on any atom is -0.484 e. The van der Waals surface area contributed by atoms with Crippen molar-refractivity contribution in [3.63, 3.8) is 0 Å². The summed E-state index contributed by atoms with van der Waals surface area (Å²) in [5.41, 5.74) is 1.66. The fourth-order valence-electron chi connectivity index (χ4n) is 5.31. The molecule has 184 valence electrons. The Kier molecular flexibility index (Phi) is 5.59. The first-order valence-corrected chi connectivity index (χ1v) is 12.0. The standard InChI is InChI=1S/C27H25N3O6/c31-24-9-7-21(28-27(33)18-6-8-22-23(11-18)36-16-35-22)26-19-10-17(13-30(24)26)12-29(14-19)25(32)15-34-20-4-2-1-3-5-20/h1-9,11,17,19H,10,12-16H2,(H,28,33)/t17-,19-/m1/s1. The van der Waals surface area contributed by atoms with Crippen LogP contribution in [0.3, 0.4) is 0 Å². The topological polar surface area (TPSA) is 99.1 Å². The smallest absolute Gasteiger partial charge is 0.260 e. The molecule has 1 N–H and O–H groups in total. The number of fused-ring (bicyclic) bond motifs is 5. The highest BCUT2D eigenvalue weighted by Crippen LogP contribution is 2.39. The minimum atomic E-state index is -0.308. The molecular weight excluding hydrogens is 462 g/mol. The molecular formula is C27H25N3O6. The van der Waals surface area contributed by atoms with Crippen LogP contribution in [0.15, 0.2) is 65.5 Å². The number of nitrogens with zero attached hydrogens (tertiary/aromatic N) is 2. The number of aromatic nitrogens is 1. The van der Waals surface area contributed by atoms with Crippen molar-refractivity contribution >= 4 is 17.5 Å². The second-order valence-corrected chi connectivity index (χ2v) is 9.30. The SMILES string of the molecule is O=C(Nc1ccc(=O)n2c1[C@@H]1C[C@H](CN(C(=O)COc3ccccc3)C1)C2)c1ccc2c(c1)OCO2. The van der Waals surface area contributed by atoms with E-state index in [-0.39, 0.29) is 42.6 Å². The monoisotopic (exact) mass is 487 g/mol. The summed E-state index contributed by atoms with van der Waals surface area (Å²) in [6.45, 7) is 1.63. The van der Waals surface area contributed by atoms with Crippen molar-refractivity contribution in [3.8, 4) is 17.2 Å². The normalized spacial score (nSPS) is 19.4. The molecule has 3 aromatic rings. The quantitative estimate of drug-likeness (QED) is 0.594. The van der Waals surface area contributed by atoms with Crippen LogP contribution in [-0.2, 0) is 11.3 Å². The van der Waals surface area contributed by atoms with Crippen molar-refractivity contribution < 1.29 is 23.8 Å². The number of amides is 2. The molecule has 0 spiro atoms. The van der Waals surface area contributed by atoms with Gasteiger partial charge in [-0.15, -0.1) is 0 Å². The number of piperidine rings is 1. The molecule has 6 rings (SSSR count). The summed E-state index contributed by atoms with van der Waals surface area (Å²) in [5.74, 6) is 1.46. The Morgan fingerprint density at radius 3 is 2.67 bits per heavy atom. The van der Waals surface area contributed by atoms with Crippen LogP contribution in [0.4, 0.5) is 5.69 Å². The number of hydrogen-bond donors (Lipinski definition) is 1. The predicted octanol–water partition coefficient (Wildman–Crippen LogP) is 2.85. The average molecular weight is 488 g/mol. The van der Waals surface area contributed by atoms with E-state index in [1.54, 1.807) is 28.8 Å². The van der Waals surface area contributed by atoms with Gasteiger partial charge < -0.3 is 29.0 Å². The van der Waals surface area contributed by atoms with Gasteiger partial charge in [0.05, 0.1) is 5.69 Å². The third kappa shape index (κ3) is 4.17. The van der Waals surface area contributed by atoms with E-state index in [0.717, 1.165) is 12.1 Å². The van der Waals surface area contributed by atoms with E-state index in [1.807, 2.05) is 35.2 Å². The molecule has 9 heteroatoms. The van der Waals surface area contributed by atoms with Gasteiger partial charge in [0.1, 0.15) is 5.75 Å². The van der Waals surface area contributed by atoms with Crippen molar-refractivity contribution in [3.05, 3.63) is 82.3 Å². The highest BCUT2D eigenvalue weighted by atomic mass is 16.7. The van der Waals surface area contributed by atoms with Gasteiger partial charge in [0.15, 0.2) is 18.1 Å². The first-order valence-electron chi connectivity index (χ1n) is 12.0. The van der Waals surface area contributed by atoms with Crippen LogP contribution in [0.1, 0.15) is 28.4 Å². The summed E-state index contributed by atoms with van der Waals surface area (Å²) in [5, 5.41) is 2.98. The molecule has 9 nitrogen and oxygen atoms in total. The Morgan fingerprint density at radius 2 is 1.81 bits per heavy atom. The van der Waals surface area contributed by atoms with Gasteiger partial charge in [-0.05, 0) is 48.7 Å². The lowest BCUT2D eigenvalue weighted by atomic mass is 9.82. The number of carbonyl (C=O) groups excluding carboxylic acids is 2.